The number of aromatic nitrogens is 2. The summed E-state index contributed by atoms with van der Waals surface area (Å²) in [4.78, 5) is 65.2. The highest BCUT2D eigenvalue weighted by molar-refractivity contribution is 9.10. The van der Waals surface area contributed by atoms with Crippen molar-refractivity contribution in [1.82, 2.24) is 25.1 Å². The molecule has 4 heterocycles. The topological polar surface area (TPSA) is 185 Å². The largest absolute Gasteiger partial charge is 0.494 e. The van der Waals surface area contributed by atoms with Gasteiger partial charge in [0, 0.05) is 69.6 Å². The molecule has 1 aromatic heterocycles. The van der Waals surface area contributed by atoms with Crippen molar-refractivity contribution in [3.05, 3.63) is 87.0 Å². The Bertz CT molecular complexity index is 2280. The standard InChI is InChI=1S/C37H37BrClN8O8P/c1-53-28-18-22(9-11-25(28)42-37-40-19-24(39)33(44-37)41-26-6-4-5-7-29(26)56(52,54-2)55-3)46-16-14-45(15-17-46)20-21-8-10-23-31(32(21)38)36(51)47(35(23)50)27-12-13-30(48)43-34(27)49/h4-11,18-19,27H,12-17,20H2,1-3H3,(H,43,48,49)(H2,40,41,42,44). The van der Waals surface area contributed by atoms with Gasteiger partial charge in [-0.1, -0.05) is 29.8 Å². The zero-order chi connectivity index (χ0) is 39.7. The summed E-state index contributed by atoms with van der Waals surface area (Å²) in [5, 5.41) is 9.10. The molecule has 3 aliphatic heterocycles. The van der Waals surface area contributed by atoms with Gasteiger partial charge in [-0.25, -0.2) is 4.98 Å². The molecule has 292 valence electrons. The fraction of sp³-hybridized carbons (Fsp3) is 0.297. The molecule has 0 aliphatic carbocycles. The van der Waals surface area contributed by atoms with Crippen LogP contribution in [0.3, 0.4) is 0 Å². The average Bonchev–Trinajstić information content (AvgIpc) is 3.46. The maximum absolute atomic E-state index is 13.5. The predicted octanol–water partition coefficient (Wildman–Crippen LogP) is 5.22. The molecule has 2 fully saturated rings. The third-order valence-electron chi connectivity index (χ3n) is 9.87. The number of nitrogens with one attached hydrogen (secondary N) is 3. The van der Waals surface area contributed by atoms with Gasteiger partial charge >= 0.3 is 7.60 Å². The van der Waals surface area contributed by atoms with Crippen LogP contribution in [0, 0.1) is 0 Å². The van der Waals surface area contributed by atoms with Crippen molar-refractivity contribution in [3.8, 4) is 5.75 Å². The summed E-state index contributed by atoms with van der Waals surface area (Å²) in [6.07, 6.45) is 1.60. The number of anilines is 5. The highest BCUT2D eigenvalue weighted by Gasteiger charge is 2.46. The first-order valence-electron chi connectivity index (χ1n) is 17.5. The summed E-state index contributed by atoms with van der Waals surface area (Å²) in [7, 11) is 0.621. The number of hydrogen-bond acceptors (Lipinski definition) is 14. The Labute approximate surface area is 335 Å². The molecule has 2 saturated heterocycles. The number of benzene rings is 3. The minimum absolute atomic E-state index is 0.0583. The van der Waals surface area contributed by atoms with Gasteiger partial charge in [0.05, 0.1) is 41.1 Å². The Morgan fingerprint density at radius 1 is 0.946 bits per heavy atom. The smallest absolute Gasteiger partial charge is 0.362 e. The van der Waals surface area contributed by atoms with E-state index in [0.29, 0.717) is 33.4 Å². The maximum atomic E-state index is 13.5. The van der Waals surface area contributed by atoms with Gasteiger partial charge < -0.3 is 29.3 Å². The number of nitrogens with zero attached hydrogens (tertiary/aromatic N) is 5. The first-order chi connectivity index (χ1) is 26.9. The number of para-hydroxylation sites is 1. The van der Waals surface area contributed by atoms with E-state index in [1.807, 2.05) is 24.3 Å². The van der Waals surface area contributed by atoms with Crippen molar-refractivity contribution in [2.45, 2.75) is 25.4 Å². The summed E-state index contributed by atoms with van der Waals surface area (Å²) in [5.41, 5.74) is 3.34. The van der Waals surface area contributed by atoms with Crippen LogP contribution in [0.4, 0.5) is 28.8 Å². The first kappa shape index (κ1) is 39.3. The van der Waals surface area contributed by atoms with E-state index in [0.717, 1.165) is 42.3 Å². The molecule has 0 radical (unpaired) electrons. The zero-order valence-electron chi connectivity index (χ0n) is 30.5. The summed E-state index contributed by atoms with van der Waals surface area (Å²) >= 11 is 10.0. The van der Waals surface area contributed by atoms with E-state index in [9.17, 15) is 23.7 Å². The van der Waals surface area contributed by atoms with Gasteiger partial charge in [0.15, 0.2) is 5.82 Å². The number of amides is 4. The van der Waals surface area contributed by atoms with Gasteiger partial charge in [0.2, 0.25) is 17.8 Å². The van der Waals surface area contributed by atoms with Crippen LogP contribution >= 0.6 is 35.1 Å². The second-order valence-corrected chi connectivity index (χ2v) is 16.5. The van der Waals surface area contributed by atoms with E-state index in [2.05, 4.69) is 51.6 Å². The molecule has 3 aliphatic rings. The average molecular weight is 868 g/mol. The van der Waals surface area contributed by atoms with Crippen LogP contribution < -0.4 is 30.9 Å². The molecule has 0 saturated carbocycles. The third-order valence-corrected chi connectivity index (χ3v) is 13.0. The number of halogens is 2. The number of piperidine rings is 1. The Morgan fingerprint density at radius 3 is 2.41 bits per heavy atom. The van der Waals surface area contributed by atoms with E-state index in [1.165, 1.54) is 20.4 Å². The Kier molecular flexibility index (Phi) is 11.4. The van der Waals surface area contributed by atoms with Gasteiger partial charge in [-0.15, -0.1) is 0 Å². The first-order valence-corrected chi connectivity index (χ1v) is 20.2. The minimum atomic E-state index is -3.58. The van der Waals surface area contributed by atoms with Crippen molar-refractivity contribution >= 4 is 92.9 Å². The molecule has 7 rings (SSSR count). The lowest BCUT2D eigenvalue weighted by atomic mass is 10.0. The third kappa shape index (κ3) is 7.62. The highest BCUT2D eigenvalue weighted by Crippen LogP contribution is 2.47. The van der Waals surface area contributed by atoms with Gasteiger partial charge in [0.25, 0.3) is 11.8 Å². The molecule has 0 bridgehead atoms. The number of fused-ring (bicyclic) bond motifs is 1. The molecule has 1 unspecified atom stereocenters. The lowest BCUT2D eigenvalue weighted by molar-refractivity contribution is -0.136. The summed E-state index contributed by atoms with van der Waals surface area (Å²) < 4.78 is 29.8. The summed E-state index contributed by atoms with van der Waals surface area (Å²) in [5.74, 6) is -1.08. The van der Waals surface area contributed by atoms with Crippen LogP contribution in [0.5, 0.6) is 5.75 Å². The number of methoxy groups -OCH3 is 1. The lowest BCUT2D eigenvalue weighted by Crippen LogP contribution is -2.54. The number of rotatable bonds is 12. The highest BCUT2D eigenvalue weighted by atomic mass is 79.9. The number of piperazine rings is 1. The van der Waals surface area contributed by atoms with Gasteiger partial charge in [-0.3, -0.25) is 38.9 Å². The minimum Gasteiger partial charge on any atom is -0.494 e. The zero-order valence-corrected chi connectivity index (χ0v) is 33.7. The van der Waals surface area contributed by atoms with E-state index < -0.39 is 37.3 Å². The maximum Gasteiger partial charge on any atom is 0.362 e. The van der Waals surface area contributed by atoms with Crippen LogP contribution in [-0.4, -0.2) is 96.9 Å². The molecule has 4 aromatic rings. The Balaban J connectivity index is 0.997. The molecule has 1 atom stereocenters. The van der Waals surface area contributed by atoms with E-state index >= 15 is 0 Å². The number of imide groups is 2. The van der Waals surface area contributed by atoms with Crippen molar-refractivity contribution in [2.24, 2.45) is 0 Å². The molecule has 56 heavy (non-hydrogen) atoms. The Morgan fingerprint density at radius 2 is 1.70 bits per heavy atom. The molecular weight excluding hydrogens is 831 g/mol. The van der Waals surface area contributed by atoms with Gasteiger partial charge in [0.1, 0.15) is 16.8 Å². The SMILES string of the molecule is COc1cc(N2CCN(Cc3ccc4c(c3Br)C(=O)N(C3CCC(=O)NC3=O)C4=O)CC2)ccc1Nc1ncc(Cl)c(Nc2ccccc2P(=O)(OC)OC)n1. The summed E-state index contributed by atoms with van der Waals surface area (Å²) in [6.45, 7) is 3.42. The van der Waals surface area contributed by atoms with Crippen LogP contribution in [0.1, 0.15) is 39.1 Å². The van der Waals surface area contributed by atoms with Crippen LogP contribution in [0.2, 0.25) is 5.02 Å². The molecule has 16 nitrogen and oxygen atoms in total. The number of carbonyl (C=O) groups is 4. The molecule has 3 aromatic carbocycles. The van der Waals surface area contributed by atoms with E-state index in [4.69, 9.17) is 25.4 Å². The van der Waals surface area contributed by atoms with Crippen molar-refractivity contribution in [2.75, 3.05) is 63.0 Å². The molecule has 4 amide bonds. The van der Waals surface area contributed by atoms with Crippen molar-refractivity contribution < 1.29 is 37.5 Å². The lowest BCUT2D eigenvalue weighted by Gasteiger charge is -2.36. The molecule has 0 spiro atoms. The monoisotopic (exact) mass is 866 g/mol. The number of carbonyl (C=O) groups excluding carboxylic acids is 4. The quantitative estimate of drug-likeness (QED) is 0.124. The van der Waals surface area contributed by atoms with E-state index in [1.54, 1.807) is 37.4 Å². The number of hydrogen-bond donors (Lipinski definition) is 3. The van der Waals surface area contributed by atoms with Crippen LogP contribution in [-0.2, 0) is 29.7 Å². The fourth-order valence-electron chi connectivity index (χ4n) is 6.92. The van der Waals surface area contributed by atoms with Gasteiger partial charge in [-0.2, -0.15) is 4.98 Å². The van der Waals surface area contributed by atoms with Crippen LogP contribution in [0.15, 0.2) is 65.3 Å². The molecule has 19 heteroatoms. The normalized spacial score (nSPS) is 17.6. The molecule has 3 N–H and O–H groups in total. The number of ether oxygens (including phenoxy) is 1. The van der Waals surface area contributed by atoms with Gasteiger partial charge in [-0.05, 0) is 58.2 Å². The predicted molar refractivity (Wildman–Crippen MR) is 213 cm³/mol. The fourth-order valence-corrected chi connectivity index (χ4v) is 8.94. The summed E-state index contributed by atoms with van der Waals surface area (Å²) in [6, 6.07) is 15.1. The molecular formula is C37H37BrClN8O8P. The second-order valence-electron chi connectivity index (χ2n) is 13.1. The Hall–Kier alpha value is -4.90. The van der Waals surface area contributed by atoms with E-state index in [-0.39, 0.29) is 40.8 Å². The van der Waals surface area contributed by atoms with Crippen LogP contribution in [0.25, 0.3) is 0 Å². The second kappa shape index (κ2) is 16.3. The van der Waals surface area contributed by atoms with Crippen molar-refractivity contribution in [3.63, 3.8) is 0 Å². The van der Waals surface area contributed by atoms with Crippen molar-refractivity contribution in [1.29, 1.82) is 0 Å².